The van der Waals surface area contributed by atoms with Gasteiger partial charge in [-0.15, -0.1) is 0 Å². The molecule has 7 rings (SSSR count). The number of hydrogen-bond donors (Lipinski definition) is 2. The number of carbonyl (C=O) groups is 2. The highest BCUT2D eigenvalue weighted by atomic mass is 35.5. The monoisotopic (exact) mass is 727 g/mol. The maximum atomic E-state index is 13.6. The van der Waals surface area contributed by atoms with Gasteiger partial charge >= 0.3 is 0 Å². The van der Waals surface area contributed by atoms with Crippen molar-refractivity contribution in [1.29, 1.82) is 0 Å². The molecule has 270 valence electrons. The molecule has 1 spiro atoms. The Kier molecular flexibility index (Phi) is 9.94. The molecule has 2 aromatic rings. The summed E-state index contributed by atoms with van der Waals surface area (Å²) in [7, 11) is -4.23. The maximum Gasteiger partial charge on any atom is 0.265 e. The Labute approximate surface area is 299 Å². The van der Waals surface area contributed by atoms with Crippen LogP contribution in [0.5, 0.6) is 5.75 Å². The van der Waals surface area contributed by atoms with Crippen LogP contribution >= 0.6 is 11.6 Å². The number of nitrogens with zero attached hydrogens (tertiary/aromatic N) is 1. The Hall–Kier alpha value is -3.16. The van der Waals surface area contributed by atoms with Gasteiger partial charge in [0.2, 0.25) is 5.91 Å². The summed E-state index contributed by atoms with van der Waals surface area (Å²) in [6.07, 6.45) is 8.80. The summed E-state index contributed by atoms with van der Waals surface area (Å²) in [5.74, 6) is -0.0779. The molecule has 2 aromatic carbocycles. The molecular weight excluding hydrogens is 682 g/mol. The van der Waals surface area contributed by atoms with E-state index in [1.165, 1.54) is 31.0 Å². The minimum atomic E-state index is -4.23. The highest BCUT2D eigenvalue weighted by molar-refractivity contribution is 7.90. The summed E-state index contributed by atoms with van der Waals surface area (Å²) in [6, 6.07) is 10.9. The number of anilines is 1. The fourth-order valence-corrected chi connectivity index (χ4v) is 9.34. The van der Waals surface area contributed by atoms with Crippen LogP contribution in [0.15, 0.2) is 53.4 Å². The van der Waals surface area contributed by atoms with Crippen molar-refractivity contribution in [2.24, 2.45) is 11.8 Å². The van der Waals surface area contributed by atoms with Crippen molar-refractivity contribution < 1.29 is 37.0 Å². The van der Waals surface area contributed by atoms with Crippen LogP contribution in [0.4, 0.5) is 5.69 Å². The van der Waals surface area contributed by atoms with Gasteiger partial charge < -0.3 is 29.2 Å². The van der Waals surface area contributed by atoms with E-state index < -0.39 is 21.5 Å². The van der Waals surface area contributed by atoms with Gasteiger partial charge in [0, 0.05) is 30.1 Å². The van der Waals surface area contributed by atoms with E-state index in [4.69, 9.17) is 30.5 Å². The molecule has 2 N–H and O–H groups in total. The quantitative estimate of drug-likeness (QED) is 0.443. The topological polar surface area (TPSA) is 132 Å². The first-order valence-electron chi connectivity index (χ1n) is 17.6. The fraction of sp³-hybridized carbons (Fsp3) is 0.568. The molecule has 13 heteroatoms. The van der Waals surface area contributed by atoms with Crippen molar-refractivity contribution in [3.8, 4) is 5.75 Å². The summed E-state index contributed by atoms with van der Waals surface area (Å²) >= 11 is 6.44. The minimum Gasteiger partial charge on any atom is -0.490 e. The van der Waals surface area contributed by atoms with Gasteiger partial charge in [0.1, 0.15) is 18.0 Å². The first-order valence-corrected chi connectivity index (χ1v) is 19.5. The van der Waals surface area contributed by atoms with Gasteiger partial charge in [-0.3, -0.25) is 9.59 Å². The van der Waals surface area contributed by atoms with Gasteiger partial charge in [-0.05, 0) is 106 Å². The number of benzene rings is 2. The second-order valence-corrected chi connectivity index (χ2v) is 16.9. The Morgan fingerprint density at radius 2 is 2.02 bits per heavy atom. The predicted octanol–water partition coefficient (Wildman–Crippen LogP) is 4.30. The molecule has 50 heavy (non-hydrogen) atoms. The third-order valence-electron chi connectivity index (χ3n) is 11.0. The smallest absolute Gasteiger partial charge is 0.265 e. The predicted molar refractivity (Wildman–Crippen MR) is 188 cm³/mol. The lowest BCUT2D eigenvalue weighted by molar-refractivity contribution is -0.139. The first kappa shape index (κ1) is 35.3. The molecule has 0 unspecified atom stereocenters. The normalized spacial score (nSPS) is 30.9. The van der Waals surface area contributed by atoms with Gasteiger partial charge in [0.25, 0.3) is 15.9 Å². The van der Waals surface area contributed by atoms with Crippen LogP contribution in [0.1, 0.15) is 57.1 Å². The molecule has 1 saturated heterocycles. The zero-order valence-corrected chi connectivity index (χ0v) is 30.2. The van der Waals surface area contributed by atoms with Crippen molar-refractivity contribution in [2.75, 3.05) is 51.0 Å². The van der Waals surface area contributed by atoms with Gasteiger partial charge in [-0.1, -0.05) is 29.8 Å². The van der Waals surface area contributed by atoms with Crippen molar-refractivity contribution in [3.05, 3.63) is 64.7 Å². The average Bonchev–Trinajstić information content (AvgIpc) is 3.52. The summed E-state index contributed by atoms with van der Waals surface area (Å²) in [4.78, 5) is 28.4. The zero-order valence-electron chi connectivity index (χ0n) is 28.6. The van der Waals surface area contributed by atoms with Gasteiger partial charge in [0.05, 0.1) is 42.5 Å². The molecule has 2 bridgehead atoms. The molecule has 2 fully saturated rings. The van der Waals surface area contributed by atoms with Gasteiger partial charge in [-0.2, -0.15) is 0 Å². The maximum absolute atomic E-state index is 13.6. The van der Waals surface area contributed by atoms with E-state index in [1.54, 1.807) is 18.2 Å². The van der Waals surface area contributed by atoms with Crippen molar-refractivity contribution in [2.45, 2.75) is 80.4 Å². The van der Waals surface area contributed by atoms with Gasteiger partial charge in [-0.25, -0.2) is 13.1 Å². The van der Waals surface area contributed by atoms with E-state index >= 15 is 0 Å². The first-order chi connectivity index (χ1) is 23.9. The number of fused-ring (bicyclic) bond motifs is 4. The van der Waals surface area contributed by atoms with Crippen LogP contribution in [0, 0.1) is 11.8 Å². The van der Waals surface area contributed by atoms with Crippen molar-refractivity contribution in [1.82, 2.24) is 10.0 Å². The van der Waals surface area contributed by atoms with Crippen LogP contribution in [0.25, 0.3) is 0 Å². The number of hydrogen-bond acceptors (Lipinski definition) is 9. The van der Waals surface area contributed by atoms with Crippen LogP contribution in [-0.2, 0) is 45.7 Å². The highest BCUT2D eigenvalue weighted by Crippen LogP contribution is 2.47. The van der Waals surface area contributed by atoms with Crippen LogP contribution in [-0.4, -0.2) is 84.1 Å². The van der Waals surface area contributed by atoms with Crippen LogP contribution < -0.4 is 19.7 Å². The number of amides is 2. The lowest BCUT2D eigenvalue weighted by Gasteiger charge is -2.46. The molecule has 11 nitrogen and oxygen atoms in total. The van der Waals surface area contributed by atoms with Crippen LogP contribution in [0.3, 0.4) is 0 Å². The molecular formula is C37H46ClN3O8S. The summed E-state index contributed by atoms with van der Waals surface area (Å²) in [6.45, 7) is 5.84. The molecule has 1 saturated carbocycles. The molecule has 5 aliphatic rings. The number of rotatable bonds is 4. The Bertz CT molecular complexity index is 1760. The number of aryl methyl sites for hydroxylation is 1. The molecule has 2 aliphatic carbocycles. The van der Waals surface area contributed by atoms with E-state index in [1.807, 2.05) is 12.1 Å². The number of halogens is 1. The SMILES string of the molecule is CC1(C)OC/C=C/[C@H](OCC(=O)N[C@H]2CCOC2)[C@@H]2CC[C@H]2CN2C[C@@]3(CCCc4cc(Cl)ccc43)COc3ccc(cc32)S(=O)(=O)NC1=O. The lowest BCUT2D eigenvalue weighted by atomic mass is 9.68. The standard InChI is InChI=1S/C37H46ClN3O8S/c1-36(2)35(43)40-50(44,45)28-9-12-33-31(18-28)41(22-37(23-48-33)14-3-5-24-17-26(38)8-11-30(24)37)19-25-7-10-29(25)32(6-4-15-49-36)47-21-34(42)39-27-13-16-46-20-27/h4,6,8-9,11-12,17-18,25,27,29,32H,3,5,7,10,13-16,19-23H2,1-2H3,(H,39,42)(H,40,43)/b6-4+/t25-,27-,29+,32-,37-/m0/s1. The highest BCUT2D eigenvalue weighted by Gasteiger charge is 2.45. The molecule has 2 amide bonds. The molecule has 5 atom stereocenters. The average molecular weight is 728 g/mol. The largest absolute Gasteiger partial charge is 0.490 e. The Morgan fingerprint density at radius 3 is 2.80 bits per heavy atom. The summed E-state index contributed by atoms with van der Waals surface area (Å²) in [5, 5.41) is 3.71. The lowest BCUT2D eigenvalue weighted by Crippen LogP contribution is -2.50. The van der Waals surface area contributed by atoms with E-state index in [2.05, 4.69) is 27.1 Å². The number of ether oxygens (including phenoxy) is 4. The van der Waals surface area contributed by atoms with Crippen molar-refractivity contribution in [3.63, 3.8) is 0 Å². The number of sulfonamides is 1. The Balaban J connectivity index is 1.24. The molecule has 3 heterocycles. The zero-order chi connectivity index (χ0) is 35.1. The van der Waals surface area contributed by atoms with E-state index in [-0.39, 0.29) is 53.4 Å². The van der Waals surface area contributed by atoms with E-state index in [9.17, 15) is 18.0 Å². The van der Waals surface area contributed by atoms with Crippen molar-refractivity contribution >= 4 is 39.1 Å². The second-order valence-electron chi connectivity index (χ2n) is 14.8. The summed E-state index contributed by atoms with van der Waals surface area (Å²) < 4.78 is 53.7. The molecule has 0 radical (unpaired) electrons. The molecule has 3 aliphatic heterocycles. The molecule has 0 aromatic heterocycles. The summed E-state index contributed by atoms with van der Waals surface area (Å²) in [5.41, 5.74) is 1.30. The van der Waals surface area contributed by atoms with Crippen LogP contribution in [0.2, 0.25) is 5.02 Å². The number of nitrogens with one attached hydrogen (secondary N) is 2. The third kappa shape index (κ3) is 7.27. The van der Waals surface area contributed by atoms with E-state index in [0.29, 0.717) is 49.4 Å². The Morgan fingerprint density at radius 1 is 1.16 bits per heavy atom. The second kappa shape index (κ2) is 14.1. The van der Waals surface area contributed by atoms with E-state index in [0.717, 1.165) is 38.5 Å². The number of carbonyl (C=O) groups excluding carboxylic acids is 2. The van der Waals surface area contributed by atoms with Gasteiger partial charge in [0.15, 0.2) is 0 Å². The fourth-order valence-electron chi connectivity index (χ4n) is 8.03. The minimum absolute atomic E-state index is 0.0100. The third-order valence-corrected chi connectivity index (χ3v) is 12.6.